The molecule has 0 radical (unpaired) electrons. The highest BCUT2D eigenvalue weighted by atomic mass is 16.5. The van der Waals surface area contributed by atoms with E-state index in [0.29, 0.717) is 18.5 Å². The van der Waals surface area contributed by atoms with Gasteiger partial charge in [0.25, 0.3) is 0 Å². The van der Waals surface area contributed by atoms with Crippen LogP contribution >= 0.6 is 0 Å². The molecule has 0 bridgehead atoms. The first-order chi connectivity index (χ1) is 8.30. The van der Waals surface area contributed by atoms with Gasteiger partial charge in [-0.1, -0.05) is 13.0 Å². The van der Waals surface area contributed by atoms with E-state index in [2.05, 4.69) is 15.4 Å². The summed E-state index contributed by atoms with van der Waals surface area (Å²) in [6.07, 6.45) is 2.36. The molecule has 0 rings (SSSR count). The Bertz CT molecular complexity index is 317. The highest BCUT2D eigenvalue weighted by Crippen LogP contribution is 2.01. The van der Waals surface area contributed by atoms with Crippen LogP contribution in [0.2, 0.25) is 0 Å². The molecule has 5 heteroatoms. The Hall–Kier alpha value is -1.36. The molecule has 0 aliphatic rings. The standard InChI is InChI=1S/C13H24N2O3/c1-6-10(12(17)18-5)7-8-14-9-11(16)15-13(2,3)4/h7,14H,6,8-9H2,1-5H3,(H,15,16). The van der Waals surface area contributed by atoms with E-state index in [1.165, 1.54) is 7.11 Å². The lowest BCUT2D eigenvalue weighted by atomic mass is 10.1. The van der Waals surface area contributed by atoms with Crippen LogP contribution in [0.5, 0.6) is 0 Å². The molecule has 0 unspecified atom stereocenters. The van der Waals surface area contributed by atoms with Crippen LogP contribution in [0.15, 0.2) is 11.6 Å². The van der Waals surface area contributed by atoms with E-state index in [-0.39, 0.29) is 24.0 Å². The van der Waals surface area contributed by atoms with Crippen LogP contribution in [0.25, 0.3) is 0 Å². The first-order valence-electron chi connectivity index (χ1n) is 6.09. The van der Waals surface area contributed by atoms with Gasteiger partial charge in [-0.15, -0.1) is 0 Å². The first kappa shape index (κ1) is 16.6. The maximum Gasteiger partial charge on any atom is 0.333 e. The van der Waals surface area contributed by atoms with Gasteiger partial charge in [0.1, 0.15) is 0 Å². The van der Waals surface area contributed by atoms with Crippen LogP contribution in [-0.4, -0.2) is 37.6 Å². The minimum absolute atomic E-state index is 0.0629. The molecule has 5 nitrogen and oxygen atoms in total. The Morgan fingerprint density at radius 2 is 1.89 bits per heavy atom. The highest BCUT2D eigenvalue weighted by molar-refractivity contribution is 5.88. The molecular weight excluding hydrogens is 232 g/mol. The SMILES string of the molecule is CCC(=CCNCC(=O)NC(C)(C)C)C(=O)OC. The van der Waals surface area contributed by atoms with Crippen molar-refractivity contribution in [2.75, 3.05) is 20.2 Å². The predicted octanol–water partition coefficient (Wildman–Crippen LogP) is 1.00. The number of methoxy groups -OCH3 is 1. The van der Waals surface area contributed by atoms with Gasteiger partial charge >= 0.3 is 5.97 Å². The molecule has 0 saturated carbocycles. The van der Waals surface area contributed by atoms with Gasteiger partial charge in [-0.3, -0.25) is 4.79 Å². The number of esters is 1. The molecule has 104 valence electrons. The fourth-order valence-electron chi connectivity index (χ4n) is 1.35. The average molecular weight is 256 g/mol. The lowest BCUT2D eigenvalue weighted by molar-refractivity contribution is -0.136. The Morgan fingerprint density at radius 3 is 2.33 bits per heavy atom. The third-order valence-electron chi connectivity index (χ3n) is 2.12. The van der Waals surface area contributed by atoms with Crippen molar-refractivity contribution in [2.24, 2.45) is 0 Å². The average Bonchev–Trinajstić information content (AvgIpc) is 2.26. The second-order valence-corrected chi connectivity index (χ2v) is 5.00. The normalized spacial score (nSPS) is 12.2. The van der Waals surface area contributed by atoms with Gasteiger partial charge in [0, 0.05) is 17.7 Å². The summed E-state index contributed by atoms with van der Waals surface area (Å²) in [6.45, 7) is 8.36. The molecule has 0 spiro atoms. The minimum Gasteiger partial charge on any atom is -0.466 e. The maximum atomic E-state index is 11.5. The monoisotopic (exact) mass is 256 g/mol. The van der Waals surface area contributed by atoms with Crippen molar-refractivity contribution in [3.63, 3.8) is 0 Å². The summed E-state index contributed by atoms with van der Waals surface area (Å²) in [5.41, 5.74) is 0.385. The third-order valence-corrected chi connectivity index (χ3v) is 2.12. The van der Waals surface area contributed by atoms with Gasteiger partial charge in [0.15, 0.2) is 0 Å². The quantitative estimate of drug-likeness (QED) is 0.423. The van der Waals surface area contributed by atoms with E-state index in [1.54, 1.807) is 6.08 Å². The molecule has 18 heavy (non-hydrogen) atoms. The zero-order valence-electron chi connectivity index (χ0n) is 11.9. The predicted molar refractivity (Wildman–Crippen MR) is 71.2 cm³/mol. The van der Waals surface area contributed by atoms with Gasteiger partial charge in [-0.25, -0.2) is 4.79 Å². The lowest BCUT2D eigenvalue weighted by Gasteiger charge is -2.20. The molecule has 0 aromatic rings. The van der Waals surface area contributed by atoms with Crippen molar-refractivity contribution in [1.82, 2.24) is 10.6 Å². The van der Waals surface area contributed by atoms with Crippen LogP contribution in [-0.2, 0) is 14.3 Å². The fraction of sp³-hybridized carbons (Fsp3) is 0.692. The summed E-state index contributed by atoms with van der Waals surface area (Å²) in [4.78, 5) is 22.7. The summed E-state index contributed by atoms with van der Waals surface area (Å²) in [5.74, 6) is -0.384. The Balaban J connectivity index is 4.01. The molecule has 0 heterocycles. The largest absolute Gasteiger partial charge is 0.466 e. The maximum absolute atomic E-state index is 11.5. The second kappa shape index (κ2) is 7.87. The first-order valence-corrected chi connectivity index (χ1v) is 6.09. The van der Waals surface area contributed by atoms with Crippen molar-refractivity contribution in [3.05, 3.63) is 11.6 Å². The van der Waals surface area contributed by atoms with Crippen molar-refractivity contribution in [2.45, 2.75) is 39.7 Å². The molecular formula is C13H24N2O3. The molecule has 1 amide bonds. The van der Waals surface area contributed by atoms with Gasteiger partial charge in [-0.2, -0.15) is 0 Å². The molecule has 0 aromatic heterocycles. The van der Waals surface area contributed by atoms with Crippen LogP contribution in [0, 0.1) is 0 Å². The number of nitrogens with one attached hydrogen (secondary N) is 2. The van der Waals surface area contributed by atoms with Gasteiger partial charge in [-0.05, 0) is 27.2 Å². The number of ether oxygens (including phenoxy) is 1. The smallest absolute Gasteiger partial charge is 0.333 e. The molecule has 2 N–H and O–H groups in total. The second-order valence-electron chi connectivity index (χ2n) is 5.00. The summed E-state index contributed by atoms with van der Waals surface area (Å²) in [5, 5.41) is 5.80. The zero-order chi connectivity index (χ0) is 14.2. The topological polar surface area (TPSA) is 67.4 Å². The highest BCUT2D eigenvalue weighted by Gasteiger charge is 2.12. The van der Waals surface area contributed by atoms with E-state index in [1.807, 2.05) is 27.7 Å². The zero-order valence-corrected chi connectivity index (χ0v) is 11.9. The lowest BCUT2D eigenvalue weighted by Crippen LogP contribution is -2.44. The van der Waals surface area contributed by atoms with Crippen molar-refractivity contribution in [1.29, 1.82) is 0 Å². The molecule has 0 aliphatic heterocycles. The van der Waals surface area contributed by atoms with Gasteiger partial charge < -0.3 is 15.4 Å². The Kier molecular flexibility index (Phi) is 7.27. The molecule has 0 aromatic carbocycles. The number of rotatable bonds is 6. The van der Waals surface area contributed by atoms with Gasteiger partial charge in [0.2, 0.25) is 5.91 Å². The molecule has 0 aliphatic carbocycles. The summed E-state index contributed by atoms with van der Waals surface area (Å²) in [7, 11) is 1.36. The van der Waals surface area contributed by atoms with Crippen LogP contribution < -0.4 is 10.6 Å². The summed E-state index contributed by atoms with van der Waals surface area (Å²) >= 11 is 0. The van der Waals surface area contributed by atoms with E-state index in [9.17, 15) is 9.59 Å². The Labute approximate surface area is 109 Å². The van der Waals surface area contributed by atoms with Crippen molar-refractivity contribution in [3.8, 4) is 0 Å². The minimum atomic E-state index is -0.321. The summed E-state index contributed by atoms with van der Waals surface area (Å²) < 4.78 is 4.63. The van der Waals surface area contributed by atoms with E-state index in [4.69, 9.17) is 0 Å². The van der Waals surface area contributed by atoms with Crippen molar-refractivity contribution >= 4 is 11.9 Å². The molecule has 0 fully saturated rings. The van der Waals surface area contributed by atoms with E-state index < -0.39 is 0 Å². The number of carbonyl (C=O) groups excluding carboxylic acids is 2. The van der Waals surface area contributed by atoms with E-state index in [0.717, 1.165) is 0 Å². The number of hydrogen-bond donors (Lipinski definition) is 2. The number of amides is 1. The number of hydrogen-bond acceptors (Lipinski definition) is 4. The van der Waals surface area contributed by atoms with Crippen LogP contribution in [0.1, 0.15) is 34.1 Å². The fourth-order valence-corrected chi connectivity index (χ4v) is 1.35. The molecule has 0 saturated heterocycles. The van der Waals surface area contributed by atoms with E-state index >= 15 is 0 Å². The number of carbonyl (C=O) groups is 2. The third kappa shape index (κ3) is 7.84. The van der Waals surface area contributed by atoms with Gasteiger partial charge in [0.05, 0.1) is 13.7 Å². The Morgan fingerprint density at radius 1 is 1.28 bits per heavy atom. The van der Waals surface area contributed by atoms with Crippen molar-refractivity contribution < 1.29 is 14.3 Å². The summed E-state index contributed by atoms with van der Waals surface area (Å²) in [6, 6.07) is 0. The molecule has 0 atom stereocenters. The van der Waals surface area contributed by atoms with Crippen LogP contribution in [0.4, 0.5) is 0 Å². The van der Waals surface area contributed by atoms with Crippen LogP contribution in [0.3, 0.4) is 0 Å².